The smallest absolute Gasteiger partial charge is 0.280 e. The Balaban J connectivity index is 1.08. The number of carbonyl (C=O) groups is 2. The van der Waals surface area contributed by atoms with E-state index in [9.17, 15) is 9.59 Å². The number of carbonyl (C=O) groups excluding carboxylic acids is 2. The predicted molar refractivity (Wildman–Crippen MR) is 140 cm³/mol. The fourth-order valence-corrected chi connectivity index (χ4v) is 6.90. The number of ether oxygens (including phenoxy) is 1. The Morgan fingerprint density at radius 3 is 2.67 bits per heavy atom. The molecule has 2 aliphatic heterocycles. The van der Waals surface area contributed by atoms with Gasteiger partial charge in [-0.25, -0.2) is 4.98 Å². The maximum Gasteiger partial charge on any atom is 0.280 e. The number of halogens is 1. The lowest BCUT2D eigenvalue weighted by Gasteiger charge is -2.36. The van der Waals surface area contributed by atoms with E-state index >= 15 is 0 Å². The van der Waals surface area contributed by atoms with E-state index in [2.05, 4.69) is 25.5 Å². The van der Waals surface area contributed by atoms with Gasteiger partial charge in [-0.2, -0.15) is 0 Å². The summed E-state index contributed by atoms with van der Waals surface area (Å²) in [5.74, 6) is -0.315. The van der Waals surface area contributed by atoms with Gasteiger partial charge >= 0.3 is 0 Å². The standard InChI is InChI=1S/C26H30ClN5O3S/c27-16-4-5-18-15(12-16)13-22(28-18)24(33)29-19-2-1-3-20(19)30-25(34)26-31-21-6-9-32(14-23(21)36-26)17-7-10-35-11-8-17/h4-5,12-13,17,19-20,28H,1-3,6-11,14H2,(H,29,33)(H,30,34)/t19-,20-/m1/s1. The molecule has 8 nitrogen and oxygen atoms in total. The number of fused-ring (bicyclic) bond motifs is 2. The molecule has 2 fully saturated rings. The van der Waals surface area contributed by atoms with Gasteiger partial charge in [0.15, 0.2) is 5.01 Å². The maximum absolute atomic E-state index is 13.1. The van der Waals surface area contributed by atoms with Crippen LogP contribution in [0.15, 0.2) is 24.3 Å². The van der Waals surface area contributed by atoms with E-state index in [0.29, 0.717) is 21.8 Å². The van der Waals surface area contributed by atoms with Gasteiger partial charge in [-0.15, -0.1) is 11.3 Å². The zero-order valence-electron chi connectivity index (χ0n) is 20.0. The molecule has 3 aromatic rings. The van der Waals surface area contributed by atoms with Crippen molar-refractivity contribution < 1.29 is 14.3 Å². The molecule has 190 valence electrons. The fourth-order valence-electron chi connectivity index (χ4n) is 5.68. The van der Waals surface area contributed by atoms with Crippen molar-refractivity contribution in [1.29, 1.82) is 0 Å². The first-order chi connectivity index (χ1) is 17.5. The van der Waals surface area contributed by atoms with E-state index in [-0.39, 0.29) is 23.9 Å². The van der Waals surface area contributed by atoms with Crippen LogP contribution in [0.2, 0.25) is 5.02 Å². The first kappa shape index (κ1) is 23.9. The van der Waals surface area contributed by atoms with Gasteiger partial charge in [-0.1, -0.05) is 11.6 Å². The molecule has 2 atom stereocenters. The average Bonchev–Trinajstić information content (AvgIpc) is 3.62. The van der Waals surface area contributed by atoms with Crippen LogP contribution in [0, 0.1) is 0 Å². The Bertz CT molecular complexity index is 1280. The molecule has 1 saturated carbocycles. The van der Waals surface area contributed by atoms with Gasteiger partial charge in [-0.05, 0) is 56.4 Å². The topological polar surface area (TPSA) is 99.3 Å². The molecule has 36 heavy (non-hydrogen) atoms. The molecule has 2 aromatic heterocycles. The second-order valence-electron chi connectivity index (χ2n) is 9.96. The highest BCUT2D eigenvalue weighted by molar-refractivity contribution is 7.13. The number of nitrogens with zero attached hydrogens (tertiary/aromatic N) is 2. The third-order valence-corrected chi connectivity index (χ3v) is 8.95. The molecule has 2 amide bonds. The molecule has 1 saturated heterocycles. The van der Waals surface area contributed by atoms with Crippen LogP contribution in [0.25, 0.3) is 10.9 Å². The summed E-state index contributed by atoms with van der Waals surface area (Å²) in [6.45, 7) is 3.51. The zero-order valence-corrected chi connectivity index (χ0v) is 21.6. The van der Waals surface area contributed by atoms with Crippen LogP contribution >= 0.6 is 22.9 Å². The van der Waals surface area contributed by atoms with Crippen molar-refractivity contribution in [3.05, 3.63) is 50.6 Å². The van der Waals surface area contributed by atoms with Crippen LogP contribution in [0.5, 0.6) is 0 Å². The lowest BCUT2D eigenvalue weighted by Crippen LogP contribution is -2.48. The summed E-state index contributed by atoms with van der Waals surface area (Å²) in [6, 6.07) is 7.63. The normalized spacial score (nSPS) is 23.0. The van der Waals surface area contributed by atoms with E-state index in [1.54, 1.807) is 6.07 Å². The third-order valence-electron chi connectivity index (χ3n) is 7.64. The minimum Gasteiger partial charge on any atom is -0.381 e. The average molecular weight is 528 g/mol. The molecule has 0 radical (unpaired) electrons. The van der Waals surface area contributed by atoms with Gasteiger partial charge in [0, 0.05) is 71.7 Å². The number of benzene rings is 1. The number of hydrogen-bond acceptors (Lipinski definition) is 6. The summed E-state index contributed by atoms with van der Waals surface area (Å²) in [5, 5.41) is 8.33. The summed E-state index contributed by atoms with van der Waals surface area (Å²) in [6.07, 6.45) is 5.64. The van der Waals surface area contributed by atoms with Crippen LogP contribution in [-0.2, 0) is 17.7 Å². The van der Waals surface area contributed by atoms with Gasteiger partial charge in [0.2, 0.25) is 0 Å². The summed E-state index contributed by atoms with van der Waals surface area (Å²) in [7, 11) is 0. The first-order valence-electron chi connectivity index (χ1n) is 12.7. The van der Waals surface area contributed by atoms with Gasteiger partial charge in [0.25, 0.3) is 11.8 Å². The van der Waals surface area contributed by atoms with Crippen molar-refractivity contribution in [2.24, 2.45) is 0 Å². The van der Waals surface area contributed by atoms with Crippen LogP contribution in [0.4, 0.5) is 0 Å². The number of H-pyrrole nitrogens is 1. The SMILES string of the molecule is O=C(N[C@@H]1CCC[C@H]1NC(=O)c1nc2c(s1)CN(C1CCOCC1)CC2)c1cc2cc(Cl)ccc2[nH]1. The Morgan fingerprint density at radius 1 is 1.08 bits per heavy atom. The number of aromatic amines is 1. The second kappa shape index (κ2) is 10.1. The van der Waals surface area contributed by atoms with Crippen LogP contribution in [0.3, 0.4) is 0 Å². The van der Waals surface area contributed by atoms with Gasteiger partial charge in [-0.3, -0.25) is 14.5 Å². The summed E-state index contributed by atoms with van der Waals surface area (Å²) < 4.78 is 5.51. The predicted octanol–water partition coefficient (Wildman–Crippen LogP) is 3.90. The first-order valence-corrected chi connectivity index (χ1v) is 13.9. The largest absolute Gasteiger partial charge is 0.381 e. The minimum absolute atomic E-state index is 0.111. The molecule has 4 heterocycles. The third kappa shape index (κ3) is 4.89. The van der Waals surface area contributed by atoms with Crippen molar-refractivity contribution in [2.75, 3.05) is 19.8 Å². The molecule has 1 aromatic carbocycles. The molecule has 0 bridgehead atoms. The van der Waals surface area contributed by atoms with E-state index < -0.39 is 0 Å². The Morgan fingerprint density at radius 2 is 1.86 bits per heavy atom. The van der Waals surface area contributed by atoms with Crippen LogP contribution < -0.4 is 10.6 Å². The number of amides is 2. The second-order valence-corrected chi connectivity index (χ2v) is 11.5. The molecule has 0 spiro atoms. The Hall–Kier alpha value is -2.46. The van der Waals surface area contributed by atoms with E-state index in [0.717, 1.165) is 81.4 Å². The number of rotatable bonds is 5. The number of aromatic nitrogens is 2. The maximum atomic E-state index is 13.1. The molecular formula is C26H30ClN5O3S. The number of nitrogens with one attached hydrogen (secondary N) is 3. The van der Waals surface area contributed by atoms with Gasteiger partial charge < -0.3 is 20.4 Å². The molecular weight excluding hydrogens is 498 g/mol. The quantitative estimate of drug-likeness (QED) is 0.467. The lowest BCUT2D eigenvalue weighted by atomic mass is 10.0. The molecule has 3 aliphatic rings. The van der Waals surface area contributed by atoms with Gasteiger partial charge in [0.1, 0.15) is 5.69 Å². The van der Waals surface area contributed by atoms with Crippen molar-refractivity contribution in [2.45, 2.75) is 63.2 Å². The van der Waals surface area contributed by atoms with Crippen molar-refractivity contribution in [3.8, 4) is 0 Å². The Kier molecular flexibility index (Phi) is 6.73. The number of thiazole rings is 1. The Labute approximate surface area is 218 Å². The minimum atomic E-state index is -0.175. The highest BCUT2D eigenvalue weighted by Crippen LogP contribution is 2.29. The molecule has 1 aliphatic carbocycles. The fraction of sp³-hybridized carbons (Fsp3) is 0.500. The van der Waals surface area contributed by atoms with Crippen LogP contribution in [0.1, 0.15) is 63.0 Å². The molecule has 3 N–H and O–H groups in total. The molecule has 0 unspecified atom stereocenters. The molecule has 10 heteroatoms. The van der Waals surface area contributed by atoms with E-state index in [1.807, 2.05) is 18.2 Å². The highest BCUT2D eigenvalue weighted by atomic mass is 35.5. The summed E-state index contributed by atoms with van der Waals surface area (Å²) in [5.41, 5.74) is 2.42. The monoisotopic (exact) mass is 527 g/mol. The number of hydrogen-bond donors (Lipinski definition) is 3. The van der Waals surface area contributed by atoms with E-state index in [4.69, 9.17) is 16.3 Å². The van der Waals surface area contributed by atoms with Crippen molar-refractivity contribution in [1.82, 2.24) is 25.5 Å². The summed E-state index contributed by atoms with van der Waals surface area (Å²) >= 11 is 7.58. The summed E-state index contributed by atoms with van der Waals surface area (Å²) in [4.78, 5) is 37.6. The van der Waals surface area contributed by atoms with Crippen molar-refractivity contribution >= 4 is 45.7 Å². The van der Waals surface area contributed by atoms with E-state index in [1.165, 1.54) is 16.2 Å². The highest BCUT2D eigenvalue weighted by Gasteiger charge is 2.33. The molecule has 6 rings (SSSR count). The van der Waals surface area contributed by atoms with Gasteiger partial charge in [0.05, 0.1) is 5.69 Å². The van der Waals surface area contributed by atoms with Crippen molar-refractivity contribution in [3.63, 3.8) is 0 Å². The lowest BCUT2D eigenvalue weighted by molar-refractivity contribution is 0.0293. The zero-order chi connectivity index (χ0) is 24.6. The van der Waals surface area contributed by atoms with Crippen LogP contribution in [-0.4, -0.2) is 64.6 Å².